The Morgan fingerprint density at radius 1 is 1.14 bits per heavy atom. The fourth-order valence-corrected chi connectivity index (χ4v) is 3.93. The Morgan fingerprint density at radius 3 is 2.82 bits per heavy atom. The minimum atomic E-state index is 0.238. The van der Waals surface area contributed by atoms with Gasteiger partial charge in [0.05, 0.1) is 12.1 Å². The molecule has 22 heavy (non-hydrogen) atoms. The highest BCUT2D eigenvalue weighted by atomic mass is 16.5. The summed E-state index contributed by atoms with van der Waals surface area (Å²) < 4.78 is 6.22. The van der Waals surface area contributed by atoms with Crippen LogP contribution in [0.4, 0.5) is 5.69 Å². The van der Waals surface area contributed by atoms with Crippen molar-refractivity contribution in [1.82, 2.24) is 0 Å². The van der Waals surface area contributed by atoms with Crippen molar-refractivity contribution in [2.24, 2.45) is 5.92 Å². The number of nitrogens with one attached hydrogen (secondary N) is 1. The van der Waals surface area contributed by atoms with Gasteiger partial charge in [0.2, 0.25) is 0 Å². The zero-order valence-electron chi connectivity index (χ0n) is 13.1. The molecule has 2 aromatic rings. The SMILES string of the molecule is CCc1ccc2c(c1)[C@@H]1OCCC[C@@H]1[C@H](c1ccccc1)N2. The number of anilines is 1. The van der Waals surface area contributed by atoms with Crippen LogP contribution in [0.5, 0.6) is 0 Å². The Labute approximate surface area is 132 Å². The van der Waals surface area contributed by atoms with Crippen LogP contribution in [0.3, 0.4) is 0 Å². The third-order valence-corrected chi connectivity index (χ3v) is 5.10. The van der Waals surface area contributed by atoms with E-state index in [1.807, 2.05) is 0 Å². The van der Waals surface area contributed by atoms with Crippen LogP contribution in [0, 0.1) is 5.92 Å². The van der Waals surface area contributed by atoms with Crippen LogP contribution >= 0.6 is 0 Å². The van der Waals surface area contributed by atoms with Crippen LogP contribution in [0.25, 0.3) is 0 Å². The molecule has 3 atom stereocenters. The number of benzene rings is 2. The minimum Gasteiger partial charge on any atom is -0.378 e. The largest absolute Gasteiger partial charge is 0.378 e. The van der Waals surface area contributed by atoms with E-state index in [0.717, 1.165) is 19.4 Å². The molecule has 0 radical (unpaired) electrons. The van der Waals surface area contributed by atoms with E-state index in [-0.39, 0.29) is 6.10 Å². The van der Waals surface area contributed by atoms with Gasteiger partial charge < -0.3 is 10.1 Å². The molecule has 1 saturated heterocycles. The van der Waals surface area contributed by atoms with Gasteiger partial charge in [0.25, 0.3) is 0 Å². The Kier molecular flexibility index (Phi) is 3.63. The summed E-state index contributed by atoms with van der Waals surface area (Å²) in [5.41, 5.74) is 5.37. The summed E-state index contributed by atoms with van der Waals surface area (Å²) in [5, 5.41) is 3.78. The van der Waals surface area contributed by atoms with Crippen LogP contribution in [-0.2, 0) is 11.2 Å². The van der Waals surface area contributed by atoms with Gasteiger partial charge in [-0.25, -0.2) is 0 Å². The molecule has 0 unspecified atom stereocenters. The minimum absolute atomic E-state index is 0.238. The lowest BCUT2D eigenvalue weighted by molar-refractivity contribution is -0.0381. The first kappa shape index (κ1) is 13.8. The van der Waals surface area contributed by atoms with Crippen LogP contribution in [0.2, 0.25) is 0 Å². The molecule has 0 spiro atoms. The Balaban J connectivity index is 1.77. The molecule has 0 bridgehead atoms. The van der Waals surface area contributed by atoms with Gasteiger partial charge in [-0.05, 0) is 36.5 Å². The van der Waals surface area contributed by atoms with Crippen LogP contribution < -0.4 is 5.32 Å². The van der Waals surface area contributed by atoms with Gasteiger partial charge in [0.1, 0.15) is 0 Å². The Morgan fingerprint density at radius 2 is 2.00 bits per heavy atom. The van der Waals surface area contributed by atoms with Crippen molar-refractivity contribution in [3.63, 3.8) is 0 Å². The van der Waals surface area contributed by atoms with E-state index in [2.05, 4.69) is 60.8 Å². The predicted molar refractivity (Wildman–Crippen MR) is 90.0 cm³/mol. The third kappa shape index (κ3) is 2.32. The highest BCUT2D eigenvalue weighted by molar-refractivity contribution is 5.58. The zero-order valence-corrected chi connectivity index (χ0v) is 13.1. The maximum Gasteiger partial charge on any atom is 0.0895 e. The van der Waals surface area contributed by atoms with Crippen LogP contribution in [0.15, 0.2) is 48.5 Å². The van der Waals surface area contributed by atoms with E-state index in [1.165, 1.54) is 28.8 Å². The number of hydrogen-bond acceptors (Lipinski definition) is 2. The van der Waals surface area contributed by atoms with Gasteiger partial charge >= 0.3 is 0 Å². The molecule has 1 fully saturated rings. The lowest BCUT2D eigenvalue weighted by atomic mass is 9.77. The molecule has 1 N–H and O–H groups in total. The monoisotopic (exact) mass is 293 g/mol. The summed E-state index contributed by atoms with van der Waals surface area (Å²) in [6.07, 6.45) is 3.70. The molecule has 2 aliphatic heterocycles. The second-order valence-corrected chi connectivity index (χ2v) is 6.41. The molecule has 0 saturated carbocycles. The average molecular weight is 293 g/mol. The third-order valence-electron chi connectivity index (χ3n) is 5.10. The number of fused-ring (bicyclic) bond motifs is 3. The van der Waals surface area contributed by atoms with Crippen molar-refractivity contribution in [1.29, 1.82) is 0 Å². The topological polar surface area (TPSA) is 21.3 Å². The zero-order chi connectivity index (χ0) is 14.9. The quantitative estimate of drug-likeness (QED) is 0.851. The van der Waals surface area contributed by atoms with Gasteiger partial charge in [-0.15, -0.1) is 0 Å². The molecule has 2 nitrogen and oxygen atoms in total. The van der Waals surface area contributed by atoms with Crippen molar-refractivity contribution in [3.05, 3.63) is 65.2 Å². The number of rotatable bonds is 2. The summed E-state index contributed by atoms with van der Waals surface area (Å²) in [6, 6.07) is 18.0. The Hall–Kier alpha value is -1.80. The molecular weight excluding hydrogens is 270 g/mol. The molecule has 0 aliphatic carbocycles. The molecule has 2 aliphatic rings. The lowest BCUT2D eigenvalue weighted by Gasteiger charge is -2.43. The van der Waals surface area contributed by atoms with Gasteiger partial charge in [-0.3, -0.25) is 0 Å². The summed E-state index contributed by atoms with van der Waals surface area (Å²) >= 11 is 0. The Bertz CT molecular complexity index is 652. The fourth-order valence-electron chi connectivity index (χ4n) is 3.93. The second-order valence-electron chi connectivity index (χ2n) is 6.41. The molecule has 2 aromatic carbocycles. The molecular formula is C20H23NO. The second kappa shape index (κ2) is 5.77. The van der Waals surface area contributed by atoms with E-state index < -0.39 is 0 Å². The first-order valence-corrected chi connectivity index (χ1v) is 8.42. The van der Waals surface area contributed by atoms with E-state index in [9.17, 15) is 0 Å². The van der Waals surface area contributed by atoms with Crippen LogP contribution in [0.1, 0.15) is 48.6 Å². The van der Waals surface area contributed by atoms with Gasteiger partial charge in [0, 0.05) is 23.8 Å². The van der Waals surface area contributed by atoms with Crippen LogP contribution in [-0.4, -0.2) is 6.61 Å². The van der Waals surface area contributed by atoms with Crippen molar-refractivity contribution in [3.8, 4) is 0 Å². The highest BCUT2D eigenvalue weighted by Gasteiger charge is 2.39. The van der Waals surface area contributed by atoms with Crippen molar-refractivity contribution in [2.75, 3.05) is 11.9 Å². The standard InChI is InChI=1S/C20H23NO/c1-2-14-10-11-18-17(13-14)20-16(9-6-12-22-20)19(21-18)15-7-4-3-5-8-15/h3-5,7-8,10-11,13,16,19-21H,2,6,9,12H2,1H3/t16-,19+,20-/m1/s1. The van der Waals surface area contributed by atoms with E-state index in [1.54, 1.807) is 0 Å². The summed E-state index contributed by atoms with van der Waals surface area (Å²) in [4.78, 5) is 0. The molecule has 0 aromatic heterocycles. The molecule has 114 valence electrons. The van der Waals surface area contributed by atoms with Gasteiger partial charge in [-0.1, -0.05) is 49.4 Å². The molecule has 2 heteroatoms. The summed E-state index contributed by atoms with van der Waals surface area (Å²) in [6.45, 7) is 3.10. The molecule has 4 rings (SSSR count). The average Bonchev–Trinajstić information content (AvgIpc) is 2.61. The fraction of sp³-hybridized carbons (Fsp3) is 0.400. The van der Waals surface area contributed by atoms with Crippen molar-refractivity contribution < 1.29 is 4.74 Å². The first-order valence-electron chi connectivity index (χ1n) is 8.42. The predicted octanol–water partition coefficient (Wildman–Crippen LogP) is 4.88. The van der Waals surface area contributed by atoms with Crippen molar-refractivity contribution >= 4 is 5.69 Å². The maximum atomic E-state index is 6.22. The molecule has 0 amide bonds. The van der Waals surface area contributed by atoms with Crippen molar-refractivity contribution in [2.45, 2.75) is 38.3 Å². The van der Waals surface area contributed by atoms with Gasteiger partial charge in [-0.2, -0.15) is 0 Å². The summed E-state index contributed by atoms with van der Waals surface area (Å²) in [5.74, 6) is 0.524. The summed E-state index contributed by atoms with van der Waals surface area (Å²) in [7, 11) is 0. The highest BCUT2D eigenvalue weighted by Crippen LogP contribution is 2.49. The normalized spacial score (nSPS) is 26.7. The first-order chi connectivity index (χ1) is 10.9. The molecule has 2 heterocycles. The number of aryl methyl sites for hydroxylation is 1. The maximum absolute atomic E-state index is 6.22. The van der Waals surface area contributed by atoms with Gasteiger partial charge in [0.15, 0.2) is 0 Å². The smallest absolute Gasteiger partial charge is 0.0895 e. The lowest BCUT2D eigenvalue weighted by Crippen LogP contribution is -2.36. The van der Waals surface area contributed by atoms with E-state index in [4.69, 9.17) is 4.74 Å². The number of hydrogen-bond donors (Lipinski definition) is 1. The number of ether oxygens (including phenoxy) is 1. The van der Waals surface area contributed by atoms with E-state index >= 15 is 0 Å². The van der Waals surface area contributed by atoms with E-state index in [0.29, 0.717) is 12.0 Å².